The van der Waals surface area contributed by atoms with Crippen molar-refractivity contribution in [1.29, 1.82) is 0 Å². The molecular weight excluding hydrogens is 709 g/mol. The lowest BCUT2D eigenvalue weighted by Crippen LogP contribution is -2.45. The highest BCUT2D eigenvalue weighted by Crippen LogP contribution is 2.56. The average molecular weight is 763 g/mol. The van der Waals surface area contributed by atoms with Crippen LogP contribution < -0.4 is 28.7 Å². The second-order valence-corrected chi connectivity index (χ2v) is 15.4. The molecule has 2 aliphatic heterocycles. The normalized spacial score (nSPS) is 14.0. The van der Waals surface area contributed by atoms with Crippen LogP contribution in [-0.2, 0) is 0 Å². The SMILES string of the molecule is CCOc1c(OCC)c2c3c(c(OCC)c(OCC)c4c3c1C(=O)N(c1c(C(C)C)cccc1C(C)C)C4=O)C(=O)N(c1c(C(C)C)cccc1C(C)C)C2=O. The molecule has 56 heavy (non-hydrogen) atoms. The van der Waals surface area contributed by atoms with Crippen LogP contribution in [0.15, 0.2) is 36.4 Å². The molecule has 10 nitrogen and oxygen atoms in total. The second-order valence-electron chi connectivity index (χ2n) is 15.4. The monoisotopic (exact) mass is 762 g/mol. The van der Waals surface area contributed by atoms with Gasteiger partial charge in [0.15, 0.2) is 23.0 Å². The molecule has 4 aromatic rings. The first-order chi connectivity index (χ1) is 26.7. The van der Waals surface area contributed by atoms with Gasteiger partial charge in [-0.2, -0.15) is 0 Å². The molecule has 0 bridgehead atoms. The van der Waals surface area contributed by atoms with E-state index in [1.54, 1.807) is 27.7 Å². The first-order valence-corrected chi connectivity index (χ1v) is 20.0. The predicted octanol–water partition coefficient (Wildman–Crippen LogP) is 10.5. The minimum absolute atomic E-state index is 0.0154. The van der Waals surface area contributed by atoms with E-state index in [1.165, 1.54) is 9.80 Å². The number of rotatable bonds is 14. The number of hydrogen-bond acceptors (Lipinski definition) is 8. The van der Waals surface area contributed by atoms with Crippen LogP contribution in [0.25, 0.3) is 10.8 Å². The molecule has 0 unspecified atom stereocenters. The highest BCUT2D eigenvalue weighted by atomic mass is 16.5. The number of carbonyl (C=O) groups is 4. The van der Waals surface area contributed by atoms with Crippen molar-refractivity contribution < 1.29 is 38.1 Å². The predicted molar refractivity (Wildman–Crippen MR) is 220 cm³/mol. The zero-order chi connectivity index (χ0) is 40.9. The van der Waals surface area contributed by atoms with Crippen molar-refractivity contribution in [1.82, 2.24) is 0 Å². The van der Waals surface area contributed by atoms with Crippen molar-refractivity contribution >= 4 is 45.8 Å². The summed E-state index contributed by atoms with van der Waals surface area (Å²) in [6.07, 6.45) is 0. The molecule has 2 aliphatic rings. The lowest BCUT2D eigenvalue weighted by Gasteiger charge is -2.38. The van der Waals surface area contributed by atoms with E-state index in [1.807, 2.05) is 91.8 Å². The highest BCUT2D eigenvalue weighted by molar-refractivity contribution is 6.45. The number of para-hydroxylation sites is 2. The van der Waals surface area contributed by atoms with Crippen LogP contribution in [-0.4, -0.2) is 50.1 Å². The van der Waals surface area contributed by atoms with E-state index < -0.39 is 23.6 Å². The zero-order valence-corrected chi connectivity index (χ0v) is 34.8. The molecule has 0 fully saturated rings. The molecule has 0 N–H and O–H groups in total. The topological polar surface area (TPSA) is 112 Å². The molecule has 0 aromatic heterocycles. The minimum Gasteiger partial charge on any atom is -0.489 e. The number of hydrogen-bond donors (Lipinski definition) is 0. The highest BCUT2D eigenvalue weighted by Gasteiger charge is 2.50. The second kappa shape index (κ2) is 15.6. The largest absolute Gasteiger partial charge is 0.489 e. The van der Waals surface area contributed by atoms with Crippen molar-refractivity contribution in [3.05, 3.63) is 80.9 Å². The molecule has 10 heteroatoms. The van der Waals surface area contributed by atoms with Crippen LogP contribution in [0.2, 0.25) is 0 Å². The summed E-state index contributed by atoms with van der Waals surface area (Å²) in [6.45, 7) is 23.7. The zero-order valence-electron chi connectivity index (χ0n) is 34.8. The molecule has 0 aliphatic carbocycles. The van der Waals surface area contributed by atoms with Crippen LogP contribution in [0.1, 0.15) is 170 Å². The van der Waals surface area contributed by atoms with Gasteiger partial charge >= 0.3 is 0 Å². The van der Waals surface area contributed by atoms with Gasteiger partial charge in [0.2, 0.25) is 0 Å². The van der Waals surface area contributed by atoms with Crippen molar-refractivity contribution in [2.45, 2.75) is 107 Å². The van der Waals surface area contributed by atoms with E-state index in [0.717, 1.165) is 22.3 Å². The maximum atomic E-state index is 15.4. The van der Waals surface area contributed by atoms with Gasteiger partial charge in [0.1, 0.15) is 0 Å². The van der Waals surface area contributed by atoms with E-state index in [2.05, 4.69) is 0 Å². The molecule has 6 rings (SSSR count). The Morgan fingerprint density at radius 2 is 0.625 bits per heavy atom. The van der Waals surface area contributed by atoms with Gasteiger partial charge in [0.05, 0.1) is 60.1 Å². The molecule has 4 amide bonds. The molecule has 0 saturated carbocycles. The Bertz CT molecular complexity index is 1970. The van der Waals surface area contributed by atoms with E-state index in [4.69, 9.17) is 18.9 Å². The minimum atomic E-state index is -0.652. The number of benzene rings is 4. The fraction of sp³-hybridized carbons (Fsp3) is 0.435. The summed E-state index contributed by atoms with van der Waals surface area (Å²) in [5.74, 6) is -2.73. The van der Waals surface area contributed by atoms with Crippen molar-refractivity contribution in [3.8, 4) is 23.0 Å². The maximum Gasteiger partial charge on any atom is 0.269 e. The molecule has 296 valence electrons. The van der Waals surface area contributed by atoms with Gasteiger partial charge < -0.3 is 18.9 Å². The maximum absolute atomic E-state index is 15.4. The lowest BCUT2D eigenvalue weighted by atomic mass is 9.81. The Morgan fingerprint density at radius 3 is 0.804 bits per heavy atom. The fourth-order valence-corrected chi connectivity index (χ4v) is 8.18. The number of nitrogens with zero attached hydrogens (tertiary/aromatic N) is 2. The molecule has 0 spiro atoms. The number of carbonyl (C=O) groups excluding carboxylic acids is 4. The fourth-order valence-electron chi connectivity index (χ4n) is 8.18. The van der Waals surface area contributed by atoms with Gasteiger partial charge in [-0.3, -0.25) is 19.2 Å². The molecule has 0 atom stereocenters. The molecule has 2 heterocycles. The quantitative estimate of drug-likeness (QED) is 0.117. The van der Waals surface area contributed by atoms with Gasteiger partial charge in [-0.05, 0) is 73.6 Å². The van der Waals surface area contributed by atoms with Crippen molar-refractivity contribution in [3.63, 3.8) is 0 Å². The average Bonchev–Trinajstić information content (AvgIpc) is 3.14. The molecule has 0 radical (unpaired) electrons. The Hall–Kier alpha value is -5.38. The van der Waals surface area contributed by atoms with E-state index in [-0.39, 0.29) is 106 Å². The van der Waals surface area contributed by atoms with E-state index >= 15 is 19.2 Å². The number of amides is 4. The molecular formula is C46H54N2O8. The number of ether oxygens (including phenoxy) is 4. The number of anilines is 2. The molecule has 0 saturated heterocycles. The number of imide groups is 2. The van der Waals surface area contributed by atoms with Crippen LogP contribution in [0.5, 0.6) is 23.0 Å². The van der Waals surface area contributed by atoms with E-state index in [9.17, 15) is 0 Å². The Kier molecular flexibility index (Phi) is 11.2. The summed E-state index contributed by atoms with van der Waals surface area (Å²) in [4.78, 5) is 64.2. The summed E-state index contributed by atoms with van der Waals surface area (Å²) in [7, 11) is 0. The first-order valence-electron chi connectivity index (χ1n) is 20.0. The van der Waals surface area contributed by atoms with Crippen LogP contribution in [0, 0.1) is 0 Å². The van der Waals surface area contributed by atoms with E-state index in [0.29, 0.717) is 11.4 Å². The van der Waals surface area contributed by atoms with Gasteiger partial charge in [-0.15, -0.1) is 0 Å². The van der Waals surface area contributed by atoms with Crippen LogP contribution in [0.3, 0.4) is 0 Å². The lowest BCUT2D eigenvalue weighted by molar-refractivity contribution is 0.0863. The summed E-state index contributed by atoms with van der Waals surface area (Å²) < 4.78 is 25.5. The van der Waals surface area contributed by atoms with Gasteiger partial charge in [-0.1, -0.05) is 91.8 Å². The molecule has 4 aromatic carbocycles. The van der Waals surface area contributed by atoms with Crippen LogP contribution in [0.4, 0.5) is 11.4 Å². The third kappa shape index (κ3) is 6.08. The van der Waals surface area contributed by atoms with Crippen molar-refractivity contribution in [2.75, 3.05) is 36.2 Å². The summed E-state index contributed by atoms with van der Waals surface area (Å²) >= 11 is 0. The smallest absolute Gasteiger partial charge is 0.269 e. The third-order valence-corrected chi connectivity index (χ3v) is 10.5. The first kappa shape index (κ1) is 40.3. The summed E-state index contributed by atoms with van der Waals surface area (Å²) in [6, 6.07) is 11.6. The standard InChI is InChI=1S/C46H54N2O8/c1-13-53-39-33-31-32-34(40(39)54-14-2)44(50)48(38-29(25(9)10)21-18-22-30(38)26(11)12)46(52)36(32)42(56-16-4)41(55-15-3)35(31)45(51)47(43(33)49)37-27(23(5)6)19-17-20-28(37)24(7)8/h17-26H,13-16H2,1-12H3. The van der Waals surface area contributed by atoms with Gasteiger partial charge in [0, 0.05) is 10.8 Å². The summed E-state index contributed by atoms with van der Waals surface area (Å²) in [5.41, 5.74) is 4.26. The Balaban J connectivity index is 1.87. The van der Waals surface area contributed by atoms with Crippen LogP contribution >= 0.6 is 0 Å². The Labute approximate surface area is 330 Å². The third-order valence-electron chi connectivity index (χ3n) is 10.5. The van der Waals surface area contributed by atoms with Crippen molar-refractivity contribution in [2.24, 2.45) is 0 Å². The summed E-state index contributed by atoms with van der Waals surface area (Å²) in [5, 5.41) is 0.214. The van der Waals surface area contributed by atoms with Gasteiger partial charge in [-0.25, -0.2) is 9.80 Å². The Morgan fingerprint density at radius 1 is 0.411 bits per heavy atom. The van der Waals surface area contributed by atoms with Gasteiger partial charge in [0.25, 0.3) is 23.6 Å².